The number of rotatable bonds is 10. The number of thioether (sulfide) groups is 1. The zero-order valence-corrected chi connectivity index (χ0v) is 23.2. The number of nitrogens with zero attached hydrogens (tertiary/aromatic N) is 4. The van der Waals surface area contributed by atoms with Crippen LogP contribution in [0.4, 0.5) is 11.4 Å². The number of nitro groups is 1. The summed E-state index contributed by atoms with van der Waals surface area (Å²) in [6.07, 6.45) is 2.26. The van der Waals surface area contributed by atoms with E-state index in [0.29, 0.717) is 51.5 Å². The highest BCUT2D eigenvalue weighted by molar-refractivity contribution is 7.99. The number of hydrogen-bond donors (Lipinski definition) is 0. The Balaban J connectivity index is 1.30. The summed E-state index contributed by atoms with van der Waals surface area (Å²) in [6.45, 7) is 5.00. The largest absolute Gasteiger partial charge is 0.379 e. The fourth-order valence-electron chi connectivity index (χ4n) is 4.60. The molecule has 2 fully saturated rings. The number of amides is 1. The smallest absolute Gasteiger partial charge is 0.293 e. The van der Waals surface area contributed by atoms with Crippen LogP contribution < -0.4 is 4.90 Å². The van der Waals surface area contributed by atoms with Crippen LogP contribution in [0.1, 0.15) is 25.3 Å². The molecule has 12 heteroatoms. The lowest BCUT2D eigenvalue weighted by atomic mass is 10.2. The molecule has 2 aromatic carbocycles. The molecule has 0 radical (unpaired) electrons. The van der Waals surface area contributed by atoms with Crippen LogP contribution in [0.25, 0.3) is 0 Å². The first-order chi connectivity index (χ1) is 18.3. The number of ether oxygens (including phenoxy) is 1. The molecule has 0 unspecified atom stereocenters. The van der Waals surface area contributed by atoms with E-state index in [9.17, 15) is 23.3 Å². The van der Waals surface area contributed by atoms with E-state index in [1.165, 1.54) is 26.9 Å². The van der Waals surface area contributed by atoms with E-state index in [1.807, 2.05) is 4.90 Å². The summed E-state index contributed by atoms with van der Waals surface area (Å²) in [4.78, 5) is 28.8. The van der Waals surface area contributed by atoms with Crippen LogP contribution in [0.5, 0.6) is 0 Å². The van der Waals surface area contributed by atoms with Crippen LogP contribution in [-0.4, -0.2) is 86.7 Å². The van der Waals surface area contributed by atoms with Gasteiger partial charge in [-0.15, -0.1) is 11.8 Å². The average molecular weight is 563 g/mol. The van der Waals surface area contributed by atoms with Gasteiger partial charge < -0.3 is 14.5 Å². The number of carbonyl (C=O) groups excluding carboxylic acids is 1. The number of hydrogen-bond acceptors (Lipinski definition) is 8. The summed E-state index contributed by atoms with van der Waals surface area (Å²) in [7, 11) is -3.84. The molecule has 38 heavy (non-hydrogen) atoms. The molecule has 1 amide bonds. The second-order valence-corrected chi connectivity index (χ2v) is 12.3. The van der Waals surface area contributed by atoms with Crippen LogP contribution in [0.3, 0.4) is 0 Å². The molecular weight excluding hydrogens is 528 g/mol. The van der Waals surface area contributed by atoms with E-state index in [-0.39, 0.29) is 29.6 Å². The molecule has 2 heterocycles. The number of aryl methyl sites for hydroxylation is 1. The number of sulfonamides is 1. The van der Waals surface area contributed by atoms with E-state index in [2.05, 4.69) is 31.2 Å². The number of benzene rings is 2. The van der Waals surface area contributed by atoms with Crippen molar-refractivity contribution in [3.8, 4) is 0 Å². The van der Waals surface area contributed by atoms with E-state index in [0.717, 1.165) is 24.7 Å². The Kier molecular flexibility index (Phi) is 9.64. The minimum Gasteiger partial charge on any atom is -0.379 e. The van der Waals surface area contributed by atoms with Crippen molar-refractivity contribution in [2.45, 2.75) is 36.0 Å². The number of morpholine rings is 1. The standard InChI is InChI=1S/C26H34N4O6S2/c1-2-21-5-7-22(8-6-21)37-19-3-4-26(31)28-13-11-27(12-14-28)24-10-9-23(20-25(24)30(32)33)38(34,35)29-15-17-36-18-16-29/h5-10,20H,2-4,11-19H2,1H3. The Morgan fingerprint density at radius 3 is 2.34 bits per heavy atom. The van der Waals surface area contributed by atoms with Gasteiger partial charge in [0, 0.05) is 56.7 Å². The van der Waals surface area contributed by atoms with Crippen molar-refractivity contribution in [3.05, 3.63) is 58.1 Å². The topological polar surface area (TPSA) is 113 Å². The van der Waals surface area contributed by atoms with Gasteiger partial charge in [-0.1, -0.05) is 19.1 Å². The summed E-state index contributed by atoms with van der Waals surface area (Å²) >= 11 is 1.75. The quantitative estimate of drug-likeness (QED) is 0.187. The van der Waals surface area contributed by atoms with E-state index in [1.54, 1.807) is 16.7 Å². The first kappa shape index (κ1) is 28.3. The molecule has 0 saturated carbocycles. The van der Waals surface area contributed by atoms with Gasteiger partial charge in [-0.25, -0.2) is 8.42 Å². The average Bonchev–Trinajstić information content (AvgIpc) is 2.95. The number of piperazine rings is 1. The van der Waals surface area contributed by atoms with Crippen LogP contribution in [0.2, 0.25) is 0 Å². The third kappa shape index (κ3) is 6.85. The Morgan fingerprint density at radius 1 is 1.03 bits per heavy atom. The lowest BCUT2D eigenvalue weighted by Gasteiger charge is -2.36. The maximum atomic E-state index is 13.0. The lowest BCUT2D eigenvalue weighted by Crippen LogP contribution is -2.49. The molecule has 0 aliphatic carbocycles. The molecule has 2 aliphatic rings. The van der Waals surface area contributed by atoms with Crippen molar-refractivity contribution < 1.29 is 22.9 Å². The zero-order valence-electron chi connectivity index (χ0n) is 21.6. The highest BCUT2D eigenvalue weighted by Crippen LogP contribution is 2.33. The predicted molar refractivity (Wildman–Crippen MR) is 147 cm³/mol. The Labute approximate surface area is 228 Å². The molecule has 10 nitrogen and oxygen atoms in total. The fraction of sp³-hybridized carbons (Fsp3) is 0.500. The Bertz CT molecular complexity index is 1220. The van der Waals surface area contributed by atoms with Gasteiger partial charge >= 0.3 is 0 Å². The molecule has 2 saturated heterocycles. The molecule has 2 aromatic rings. The fourth-order valence-corrected chi connectivity index (χ4v) is 6.88. The SMILES string of the molecule is CCc1ccc(SCCCC(=O)N2CCN(c3ccc(S(=O)(=O)N4CCOCC4)cc3[N+](=O)[O-])CC2)cc1. The van der Waals surface area contributed by atoms with E-state index in [4.69, 9.17) is 4.74 Å². The molecule has 0 bridgehead atoms. The summed E-state index contributed by atoms with van der Waals surface area (Å²) in [5, 5.41) is 11.9. The molecule has 0 atom stereocenters. The molecular formula is C26H34N4O6S2. The van der Waals surface area contributed by atoms with Crippen LogP contribution in [0, 0.1) is 10.1 Å². The maximum Gasteiger partial charge on any atom is 0.293 e. The summed E-state index contributed by atoms with van der Waals surface area (Å²) in [6, 6.07) is 12.6. The zero-order chi connectivity index (χ0) is 27.1. The second-order valence-electron chi connectivity index (χ2n) is 9.24. The first-order valence-electron chi connectivity index (χ1n) is 12.9. The second kappa shape index (κ2) is 12.9. The van der Waals surface area contributed by atoms with Crippen molar-refractivity contribution in [3.63, 3.8) is 0 Å². The molecule has 0 N–H and O–H groups in total. The minimum atomic E-state index is -3.84. The monoisotopic (exact) mass is 562 g/mol. The molecule has 0 aromatic heterocycles. The summed E-state index contributed by atoms with van der Waals surface area (Å²) < 4.78 is 32.5. The van der Waals surface area contributed by atoms with Crippen LogP contribution >= 0.6 is 11.8 Å². The normalized spacial score (nSPS) is 17.0. The van der Waals surface area contributed by atoms with Gasteiger partial charge in [-0.3, -0.25) is 14.9 Å². The van der Waals surface area contributed by atoms with Crippen LogP contribution in [0.15, 0.2) is 52.3 Å². The summed E-state index contributed by atoms with van der Waals surface area (Å²) in [5.74, 6) is 0.955. The highest BCUT2D eigenvalue weighted by atomic mass is 32.2. The number of carbonyl (C=O) groups is 1. The van der Waals surface area contributed by atoms with Crippen molar-refractivity contribution in [2.24, 2.45) is 0 Å². The van der Waals surface area contributed by atoms with Crippen molar-refractivity contribution in [2.75, 3.05) is 63.1 Å². The van der Waals surface area contributed by atoms with E-state index >= 15 is 0 Å². The molecule has 2 aliphatic heterocycles. The van der Waals surface area contributed by atoms with Gasteiger partial charge in [0.15, 0.2) is 0 Å². The Morgan fingerprint density at radius 2 is 1.71 bits per heavy atom. The third-order valence-corrected chi connectivity index (χ3v) is 9.85. The Hall–Kier alpha value is -2.67. The molecule has 0 spiro atoms. The van der Waals surface area contributed by atoms with Gasteiger partial charge in [0.2, 0.25) is 15.9 Å². The molecule has 206 valence electrons. The predicted octanol–water partition coefficient (Wildman–Crippen LogP) is 3.40. The van der Waals surface area contributed by atoms with Crippen molar-refractivity contribution >= 4 is 39.1 Å². The van der Waals surface area contributed by atoms with Gasteiger partial charge in [-0.2, -0.15) is 4.31 Å². The number of anilines is 1. The maximum absolute atomic E-state index is 13.0. The number of nitro benzene ring substituents is 1. The van der Waals surface area contributed by atoms with Crippen molar-refractivity contribution in [1.29, 1.82) is 0 Å². The highest BCUT2D eigenvalue weighted by Gasteiger charge is 2.31. The minimum absolute atomic E-state index is 0.0908. The summed E-state index contributed by atoms with van der Waals surface area (Å²) in [5.41, 5.74) is 1.43. The first-order valence-corrected chi connectivity index (χ1v) is 15.3. The van der Waals surface area contributed by atoms with Crippen molar-refractivity contribution in [1.82, 2.24) is 9.21 Å². The van der Waals surface area contributed by atoms with Gasteiger partial charge in [0.05, 0.1) is 23.0 Å². The van der Waals surface area contributed by atoms with Crippen LogP contribution in [-0.2, 0) is 26.0 Å². The lowest BCUT2D eigenvalue weighted by molar-refractivity contribution is -0.384. The van der Waals surface area contributed by atoms with Gasteiger partial charge in [0.1, 0.15) is 5.69 Å². The van der Waals surface area contributed by atoms with Gasteiger partial charge in [0.25, 0.3) is 5.69 Å². The molecule has 4 rings (SSSR count). The van der Waals surface area contributed by atoms with E-state index < -0.39 is 14.9 Å². The van der Waals surface area contributed by atoms with Gasteiger partial charge in [-0.05, 0) is 48.4 Å². The third-order valence-electron chi connectivity index (χ3n) is 6.86.